The van der Waals surface area contributed by atoms with Crippen LogP contribution < -0.4 is 26.2 Å². The van der Waals surface area contributed by atoms with E-state index in [9.17, 15) is 64.6 Å². The molecule has 0 fully saturated rings. The zero-order valence-corrected chi connectivity index (χ0v) is 60.0. The van der Waals surface area contributed by atoms with Crippen molar-refractivity contribution in [2.45, 2.75) is 209 Å². The predicted octanol–water partition coefficient (Wildman–Crippen LogP) is 12.4. The number of aliphatic carboxylic acids is 2. The van der Waals surface area contributed by atoms with Crippen LogP contribution in [0.25, 0.3) is 5.57 Å². The summed E-state index contributed by atoms with van der Waals surface area (Å²) in [4.78, 5) is 89.6. The van der Waals surface area contributed by atoms with Crippen molar-refractivity contribution in [1.82, 2.24) is 21.3 Å². The summed E-state index contributed by atoms with van der Waals surface area (Å²) < 4.78 is 78.7. The van der Waals surface area contributed by atoms with E-state index in [-0.39, 0.29) is 71.9 Å². The summed E-state index contributed by atoms with van der Waals surface area (Å²) in [5.74, 6) is -2.65. The van der Waals surface area contributed by atoms with Crippen LogP contribution in [-0.2, 0) is 66.2 Å². The molecule has 3 aliphatic rings. The Labute approximate surface area is 588 Å². The SMILES string of the molecule is CCCCCN1C(=CC=C2OCCC(C=CC3=[N+](CCCC)c4ccc(S(=O)(=O)O)cc4C3(C)C)=C2c2ccc(C(=O)NCCCC(=O)[C@H](Cc3ccccc3)NC(=O)CCCCCCCCC(=O)CCCNC(=O)N[C@H](CCC(=O)O)C(=O)O)cc2)C(C)(C)c2cc(S(=O)(=O)O)ccc21. The van der Waals surface area contributed by atoms with Gasteiger partial charge in [-0.05, 0) is 136 Å². The number of unbranched alkanes of at least 4 members (excludes halogenated alkanes) is 8. The Hall–Kier alpha value is -8.58. The monoisotopic (exact) mass is 1420 g/mol. The highest BCUT2D eigenvalue weighted by atomic mass is 32.2. The molecule has 0 unspecified atom stereocenters. The molecule has 4 aromatic rings. The number of nitrogens with zero attached hydrogens (tertiary/aromatic N) is 2. The van der Waals surface area contributed by atoms with Crippen LogP contribution in [-0.4, -0.2) is 133 Å². The smallest absolute Gasteiger partial charge is 0.326 e. The second-order valence-electron chi connectivity index (χ2n) is 26.9. The Balaban J connectivity index is 0.997. The Bertz CT molecular complexity index is 4010. The number of allylic oxidation sites excluding steroid dienone is 6. The molecule has 22 nitrogen and oxygen atoms in total. The van der Waals surface area contributed by atoms with Gasteiger partial charge in [0.2, 0.25) is 11.6 Å². The van der Waals surface area contributed by atoms with E-state index < -0.39 is 67.5 Å². The highest BCUT2D eigenvalue weighted by Gasteiger charge is 2.45. The van der Waals surface area contributed by atoms with Gasteiger partial charge in [-0.25, -0.2) is 9.59 Å². The first-order chi connectivity index (χ1) is 47.5. The first kappa shape index (κ1) is 78.8. The van der Waals surface area contributed by atoms with Gasteiger partial charge < -0.3 is 41.1 Å². The van der Waals surface area contributed by atoms with Crippen molar-refractivity contribution in [1.29, 1.82) is 0 Å². The molecule has 0 aliphatic carbocycles. The summed E-state index contributed by atoms with van der Waals surface area (Å²) in [7, 11) is -8.98. The van der Waals surface area contributed by atoms with E-state index in [4.69, 9.17) is 9.84 Å². The number of carbonyl (C=O) groups is 7. The van der Waals surface area contributed by atoms with Gasteiger partial charge in [-0.2, -0.15) is 21.4 Å². The van der Waals surface area contributed by atoms with Gasteiger partial charge in [0.25, 0.3) is 26.1 Å². The standard InChI is InChI=1S/C76H98N6O16S2/c1-7-9-20-47-82-64-38-35-58(100(95,96)97)51-60(64)76(5,6)68(82)41-39-66-71(54(43-48-98-66)33-40-67-75(3,4)59-50-57(99(92,93)94)34-37-63(59)81(67)46-10-8-2)53-29-31-55(32-30-53)72(88)77-44-22-27-65(84)62(49-52-23-16-15-17-24-52)79-69(85)28-19-14-12-11-13-18-25-56(83)26-21-45-78-74(91)80-61(73(89)90)36-42-70(86)87/h15-17,23-24,29-35,37-41,50-51,61-62H,7-14,18-22,25-28,36,42-49H2,1-6H3,(H7-,77,78,79,80,85,86,87,88,89,90,91,92,93,94,95,96,97)/p+1/t61-,62+/m1/s1. The fourth-order valence-corrected chi connectivity index (χ4v) is 14.1. The van der Waals surface area contributed by atoms with E-state index in [0.717, 1.165) is 114 Å². The molecule has 3 aliphatic heterocycles. The van der Waals surface area contributed by atoms with E-state index >= 15 is 0 Å². The van der Waals surface area contributed by atoms with Gasteiger partial charge in [-0.3, -0.25) is 33.1 Å². The molecule has 7 rings (SSSR count). The number of ether oxygens (including phenoxy) is 1. The third kappa shape index (κ3) is 22.0. The summed E-state index contributed by atoms with van der Waals surface area (Å²) in [6, 6.07) is 23.2. The Morgan fingerprint density at radius 1 is 0.640 bits per heavy atom. The molecule has 4 aromatic carbocycles. The molecule has 2 atom stereocenters. The average molecular weight is 1420 g/mol. The molecule has 24 heteroatoms. The number of benzene rings is 4. The maximum absolute atomic E-state index is 13.9. The van der Waals surface area contributed by atoms with Gasteiger partial charge >= 0.3 is 18.0 Å². The summed E-state index contributed by atoms with van der Waals surface area (Å²) in [6.07, 6.45) is 19.2. The summed E-state index contributed by atoms with van der Waals surface area (Å²) in [5.41, 5.74) is 7.39. The van der Waals surface area contributed by atoms with Crippen molar-refractivity contribution in [3.8, 4) is 0 Å². The van der Waals surface area contributed by atoms with Gasteiger partial charge in [0.15, 0.2) is 11.5 Å². The van der Waals surface area contributed by atoms with Gasteiger partial charge in [-0.15, -0.1) is 0 Å². The average Bonchev–Trinajstić information content (AvgIpc) is 1.59. The normalized spacial score (nSPS) is 16.3. The number of amides is 4. The highest BCUT2D eigenvalue weighted by molar-refractivity contribution is 7.86. The van der Waals surface area contributed by atoms with Crippen molar-refractivity contribution in [3.05, 3.63) is 160 Å². The summed E-state index contributed by atoms with van der Waals surface area (Å²) in [5, 5.41) is 28.7. The Kier molecular flexibility index (Phi) is 28.9. The number of Topliss-reactive ketones (excluding diaryl/α,β-unsaturated/α-hetero) is 2. The fraction of sp³-hybridized carbons (Fsp3) is 0.474. The lowest BCUT2D eigenvalue weighted by atomic mass is 9.81. The molecule has 0 bridgehead atoms. The Morgan fingerprint density at radius 3 is 1.93 bits per heavy atom. The summed E-state index contributed by atoms with van der Waals surface area (Å²) >= 11 is 0. The Morgan fingerprint density at radius 2 is 1.27 bits per heavy atom. The van der Waals surface area contributed by atoms with Gasteiger partial charge in [0.05, 0.1) is 27.9 Å². The van der Waals surface area contributed by atoms with Crippen LogP contribution in [0.3, 0.4) is 0 Å². The minimum atomic E-state index is -4.49. The maximum atomic E-state index is 13.9. The predicted molar refractivity (Wildman–Crippen MR) is 384 cm³/mol. The first-order valence-electron chi connectivity index (χ1n) is 34.9. The number of ketones is 2. The van der Waals surface area contributed by atoms with Crippen molar-refractivity contribution in [2.24, 2.45) is 0 Å². The van der Waals surface area contributed by atoms with Crippen LogP contribution in [0.1, 0.15) is 203 Å². The number of carboxylic acid groups (broad SMARTS) is 2. The number of urea groups is 1. The van der Waals surface area contributed by atoms with Crippen LogP contribution in [0, 0.1) is 0 Å². The zero-order valence-electron chi connectivity index (χ0n) is 58.4. The minimum absolute atomic E-state index is 0.0462. The molecule has 0 aromatic heterocycles. The fourth-order valence-electron chi connectivity index (χ4n) is 13.1. The number of anilines is 1. The molecule has 0 radical (unpaired) electrons. The molecular formula is C76H99N6O16S2+. The first-order valence-corrected chi connectivity index (χ1v) is 37.8. The molecule has 3 heterocycles. The largest absolute Gasteiger partial charge is 0.493 e. The topological polar surface area (TPSA) is 332 Å². The van der Waals surface area contributed by atoms with Crippen molar-refractivity contribution < 1.29 is 79.0 Å². The quantitative estimate of drug-likeness (QED) is 0.0116. The lowest BCUT2D eigenvalue weighted by molar-refractivity contribution is -0.438. The lowest BCUT2D eigenvalue weighted by Crippen LogP contribution is -2.46. The minimum Gasteiger partial charge on any atom is -0.493 e. The number of rotatable bonds is 40. The van der Waals surface area contributed by atoms with E-state index in [1.165, 1.54) is 12.1 Å². The number of hydrogen-bond donors (Lipinski definition) is 8. The molecule has 0 saturated heterocycles. The van der Waals surface area contributed by atoms with Crippen LogP contribution in [0.5, 0.6) is 0 Å². The van der Waals surface area contributed by atoms with E-state index in [0.29, 0.717) is 76.0 Å². The lowest BCUT2D eigenvalue weighted by Gasteiger charge is -2.28. The van der Waals surface area contributed by atoms with Crippen molar-refractivity contribution in [3.63, 3.8) is 0 Å². The van der Waals surface area contributed by atoms with Crippen LogP contribution in [0.15, 0.2) is 142 Å². The molecule has 100 heavy (non-hydrogen) atoms. The van der Waals surface area contributed by atoms with Crippen LogP contribution in [0.4, 0.5) is 16.2 Å². The van der Waals surface area contributed by atoms with Gasteiger partial charge in [0, 0.05) is 110 Å². The maximum Gasteiger partial charge on any atom is 0.326 e. The number of hydrogen-bond acceptors (Lipinski definition) is 13. The van der Waals surface area contributed by atoms with Crippen LogP contribution >= 0.6 is 0 Å². The number of fused-ring (bicyclic) bond motifs is 2. The molecule has 540 valence electrons. The zero-order chi connectivity index (χ0) is 72.8. The third-order valence-electron chi connectivity index (χ3n) is 18.7. The second kappa shape index (κ2) is 36.7. The molecule has 4 amide bonds. The number of carboxylic acids is 2. The van der Waals surface area contributed by atoms with Crippen molar-refractivity contribution >= 4 is 84.2 Å². The van der Waals surface area contributed by atoms with Gasteiger partial charge in [0.1, 0.15) is 24.1 Å². The molecule has 8 N–H and O–H groups in total. The molecular weight excluding hydrogens is 1320 g/mol. The molecule has 0 saturated carbocycles. The van der Waals surface area contributed by atoms with Crippen LogP contribution in [0.2, 0.25) is 0 Å². The van der Waals surface area contributed by atoms with E-state index in [2.05, 4.69) is 56.7 Å². The molecule has 0 spiro atoms. The third-order valence-corrected chi connectivity index (χ3v) is 20.4. The van der Waals surface area contributed by atoms with Crippen molar-refractivity contribution in [2.75, 3.05) is 37.7 Å². The highest BCUT2D eigenvalue weighted by Crippen LogP contribution is 2.49. The van der Waals surface area contributed by atoms with E-state index in [1.54, 1.807) is 36.4 Å². The van der Waals surface area contributed by atoms with E-state index in [1.807, 2.05) is 82.3 Å². The van der Waals surface area contributed by atoms with Gasteiger partial charge in [-0.1, -0.05) is 121 Å². The summed E-state index contributed by atoms with van der Waals surface area (Å²) in [6.45, 7) is 14.3. The number of carbonyl (C=O) groups excluding carboxylic acids is 5. The number of nitrogens with one attached hydrogen (secondary N) is 4. The second-order valence-corrected chi connectivity index (χ2v) is 29.8.